The van der Waals surface area contributed by atoms with Crippen molar-refractivity contribution in [1.29, 1.82) is 0 Å². The Balaban J connectivity index is 1.94. The van der Waals surface area contributed by atoms with Crippen molar-refractivity contribution in [2.45, 2.75) is 19.0 Å². The second-order valence-electron chi connectivity index (χ2n) is 5.35. The van der Waals surface area contributed by atoms with Gasteiger partial charge in [0.1, 0.15) is 5.75 Å². The predicted octanol–water partition coefficient (Wildman–Crippen LogP) is 4.31. The minimum Gasteiger partial charge on any atom is -0.497 e. The highest BCUT2D eigenvalue weighted by Crippen LogP contribution is 2.29. The van der Waals surface area contributed by atoms with Crippen LogP contribution in [-0.4, -0.2) is 20.1 Å². The molecule has 0 aromatic heterocycles. The molecule has 0 radical (unpaired) electrons. The Labute approximate surface area is 138 Å². The van der Waals surface area contributed by atoms with E-state index in [-0.39, 0.29) is 12.3 Å². The van der Waals surface area contributed by atoms with Crippen LogP contribution >= 0.6 is 0 Å². The maximum atomic E-state index is 12.5. The fourth-order valence-corrected chi connectivity index (χ4v) is 2.23. The van der Waals surface area contributed by atoms with Crippen LogP contribution in [0, 0.1) is 0 Å². The Bertz CT molecular complexity index is 679. The van der Waals surface area contributed by atoms with Crippen LogP contribution in [0.15, 0.2) is 48.5 Å². The number of carbonyl (C=O) groups excluding carboxylic acids is 1. The smallest absolute Gasteiger partial charge is 0.416 e. The molecule has 24 heavy (non-hydrogen) atoms. The summed E-state index contributed by atoms with van der Waals surface area (Å²) in [5.41, 5.74) is 0.737. The number of amides is 1. The average Bonchev–Trinajstić information content (AvgIpc) is 2.58. The maximum Gasteiger partial charge on any atom is 0.416 e. The first-order valence-corrected chi connectivity index (χ1v) is 7.38. The fourth-order valence-electron chi connectivity index (χ4n) is 2.23. The Morgan fingerprint density at radius 3 is 2.12 bits per heavy atom. The van der Waals surface area contributed by atoms with Gasteiger partial charge in [0.15, 0.2) is 0 Å². The van der Waals surface area contributed by atoms with Gasteiger partial charge in [0.25, 0.3) is 0 Å². The van der Waals surface area contributed by atoms with E-state index in [4.69, 9.17) is 4.74 Å². The summed E-state index contributed by atoms with van der Waals surface area (Å²) in [6.45, 7) is 0. The molecule has 2 rings (SSSR count). The lowest BCUT2D eigenvalue weighted by atomic mass is 10.1. The van der Waals surface area contributed by atoms with Gasteiger partial charge in [0.05, 0.1) is 12.7 Å². The molecule has 0 saturated carbocycles. The highest BCUT2D eigenvalue weighted by molar-refractivity contribution is 5.92. The Kier molecular flexibility index (Phi) is 5.49. The largest absolute Gasteiger partial charge is 0.497 e. The fraction of sp³-hybridized carbons (Fsp3) is 0.278. The third-order valence-corrected chi connectivity index (χ3v) is 3.74. The van der Waals surface area contributed by atoms with Gasteiger partial charge in [0.2, 0.25) is 5.91 Å². The van der Waals surface area contributed by atoms with Crippen LogP contribution in [0.1, 0.15) is 17.5 Å². The summed E-state index contributed by atoms with van der Waals surface area (Å²) in [4.78, 5) is 13.7. The molecule has 1 amide bonds. The number of benzene rings is 2. The SMILES string of the molecule is COc1ccc(N(C)C(=O)CCc2ccc(C(F)(F)F)cc2)cc1. The summed E-state index contributed by atoms with van der Waals surface area (Å²) in [6, 6.07) is 11.9. The van der Waals surface area contributed by atoms with Gasteiger partial charge in [-0.05, 0) is 48.4 Å². The van der Waals surface area contributed by atoms with Crippen molar-refractivity contribution in [1.82, 2.24) is 0 Å². The molecule has 0 spiro atoms. The van der Waals surface area contributed by atoms with Crippen molar-refractivity contribution >= 4 is 11.6 Å². The summed E-state index contributed by atoms with van der Waals surface area (Å²) in [7, 11) is 3.23. The molecule has 0 aliphatic heterocycles. The van der Waals surface area contributed by atoms with Gasteiger partial charge in [-0.3, -0.25) is 4.79 Å². The normalized spacial score (nSPS) is 11.2. The van der Waals surface area contributed by atoms with Crippen LogP contribution in [0.3, 0.4) is 0 Å². The van der Waals surface area contributed by atoms with E-state index < -0.39 is 11.7 Å². The van der Waals surface area contributed by atoms with E-state index in [1.165, 1.54) is 17.0 Å². The molecule has 0 saturated heterocycles. The summed E-state index contributed by atoms with van der Waals surface area (Å²) < 4.78 is 42.6. The average molecular weight is 337 g/mol. The van der Waals surface area contributed by atoms with Gasteiger partial charge in [-0.15, -0.1) is 0 Å². The zero-order valence-electron chi connectivity index (χ0n) is 13.4. The zero-order valence-corrected chi connectivity index (χ0v) is 13.4. The molecular weight excluding hydrogens is 319 g/mol. The molecule has 0 fully saturated rings. The molecule has 128 valence electrons. The third kappa shape index (κ3) is 4.50. The van der Waals surface area contributed by atoms with Crippen molar-refractivity contribution in [2.75, 3.05) is 19.1 Å². The molecule has 0 aliphatic rings. The quantitative estimate of drug-likeness (QED) is 0.814. The van der Waals surface area contributed by atoms with E-state index in [9.17, 15) is 18.0 Å². The molecular formula is C18H18F3NO2. The number of methoxy groups -OCH3 is 1. The molecule has 0 heterocycles. The predicted molar refractivity (Wildman–Crippen MR) is 86.2 cm³/mol. The molecule has 0 aliphatic carbocycles. The first-order chi connectivity index (χ1) is 11.3. The minimum atomic E-state index is -4.34. The molecule has 0 N–H and O–H groups in total. The number of alkyl halides is 3. The lowest BCUT2D eigenvalue weighted by molar-refractivity contribution is -0.137. The molecule has 0 atom stereocenters. The molecule has 2 aromatic carbocycles. The van der Waals surface area contributed by atoms with Gasteiger partial charge in [-0.25, -0.2) is 0 Å². The molecule has 0 bridgehead atoms. The number of ether oxygens (including phenoxy) is 1. The lowest BCUT2D eigenvalue weighted by Crippen LogP contribution is -2.26. The number of halogens is 3. The number of anilines is 1. The third-order valence-electron chi connectivity index (χ3n) is 3.74. The monoisotopic (exact) mass is 337 g/mol. The number of aryl methyl sites for hydroxylation is 1. The maximum absolute atomic E-state index is 12.5. The van der Waals surface area contributed by atoms with Gasteiger partial charge in [-0.1, -0.05) is 12.1 Å². The van der Waals surface area contributed by atoms with Crippen molar-refractivity contribution in [3.63, 3.8) is 0 Å². The topological polar surface area (TPSA) is 29.5 Å². The van der Waals surface area contributed by atoms with E-state index in [0.29, 0.717) is 17.7 Å². The van der Waals surface area contributed by atoms with Gasteiger partial charge in [0, 0.05) is 19.2 Å². The van der Waals surface area contributed by atoms with Crippen molar-refractivity contribution < 1.29 is 22.7 Å². The number of rotatable bonds is 5. The van der Waals surface area contributed by atoms with Crippen LogP contribution in [0.5, 0.6) is 5.75 Å². The summed E-state index contributed by atoms with van der Waals surface area (Å²) in [6.07, 6.45) is -3.74. The first kappa shape index (κ1) is 17.8. The number of hydrogen-bond acceptors (Lipinski definition) is 2. The number of hydrogen-bond donors (Lipinski definition) is 0. The summed E-state index contributed by atoms with van der Waals surface area (Å²) >= 11 is 0. The summed E-state index contributed by atoms with van der Waals surface area (Å²) in [5, 5.41) is 0. The second-order valence-corrected chi connectivity index (χ2v) is 5.35. The number of nitrogens with zero attached hydrogens (tertiary/aromatic N) is 1. The van der Waals surface area contributed by atoms with Crippen LogP contribution in [0.4, 0.5) is 18.9 Å². The molecule has 6 heteroatoms. The molecule has 2 aromatic rings. The zero-order chi connectivity index (χ0) is 17.7. The summed E-state index contributed by atoms with van der Waals surface area (Å²) in [5.74, 6) is 0.587. The first-order valence-electron chi connectivity index (χ1n) is 7.38. The minimum absolute atomic E-state index is 0.111. The van der Waals surface area contributed by atoms with E-state index in [1.807, 2.05) is 0 Å². The van der Waals surface area contributed by atoms with Crippen LogP contribution in [0.2, 0.25) is 0 Å². The van der Waals surface area contributed by atoms with Crippen LogP contribution in [0.25, 0.3) is 0 Å². The van der Waals surface area contributed by atoms with Gasteiger partial charge < -0.3 is 9.64 Å². The highest BCUT2D eigenvalue weighted by Gasteiger charge is 2.29. The number of carbonyl (C=O) groups is 1. The van der Waals surface area contributed by atoms with Crippen molar-refractivity contribution in [3.05, 3.63) is 59.7 Å². The Morgan fingerprint density at radius 1 is 1.04 bits per heavy atom. The Morgan fingerprint density at radius 2 is 1.62 bits per heavy atom. The van der Waals surface area contributed by atoms with Crippen LogP contribution in [-0.2, 0) is 17.4 Å². The standard InChI is InChI=1S/C18H18F3NO2/c1-22(15-8-10-16(24-2)11-9-15)17(23)12-5-13-3-6-14(7-4-13)18(19,20)21/h3-4,6-11H,5,12H2,1-2H3. The molecule has 3 nitrogen and oxygen atoms in total. The van der Waals surface area contributed by atoms with Gasteiger partial charge in [-0.2, -0.15) is 13.2 Å². The highest BCUT2D eigenvalue weighted by atomic mass is 19.4. The second kappa shape index (κ2) is 7.38. The molecule has 0 unspecified atom stereocenters. The van der Waals surface area contributed by atoms with Gasteiger partial charge >= 0.3 is 6.18 Å². The lowest BCUT2D eigenvalue weighted by Gasteiger charge is -2.17. The van der Waals surface area contributed by atoms with E-state index in [1.54, 1.807) is 38.4 Å². The van der Waals surface area contributed by atoms with E-state index >= 15 is 0 Å². The van der Waals surface area contributed by atoms with E-state index in [2.05, 4.69) is 0 Å². The van der Waals surface area contributed by atoms with Crippen molar-refractivity contribution in [2.24, 2.45) is 0 Å². The van der Waals surface area contributed by atoms with E-state index in [0.717, 1.165) is 17.8 Å². The van der Waals surface area contributed by atoms with Crippen molar-refractivity contribution in [3.8, 4) is 5.75 Å². The van der Waals surface area contributed by atoms with Crippen LogP contribution < -0.4 is 9.64 Å². The Hall–Kier alpha value is -2.50.